The molecular formula is C13H21ClN2O3. The highest BCUT2D eigenvalue weighted by molar-refractivity contribution is 5.85. The van der Waals surface area contributed by atoms with Crippen LogP contribution in [-0.2, 0) is 11.3 Å². The Morgan fingerprint density at radius 3 is 2.47 bits per heavy atom. The van der Waals surface area contributed by atoms with Gasteiger partial charge in [0.15, 0.2) is 11.5 Å². The predicted octanol–water partition coefficient (Wildman–Crippen LogP) is 1.48. The van der Waals surface area contributed by atoms with Crippen LogP contribution >= 0.6 is 12.4 Å². The van der Waals surface area contributed by atoms with E-state index in [-0.39, 0.29) is 24.4 Å². The first-order valence-corrected chi connectivity index (χ1v) is 5.80. The van der Waals surface area contributed by atoms with Crippen LogP contribution in [0.1, 0.15) is 18.9 Å². The molecule has 1 aromatic carbocycles. The maximum Gasteiger partial charge on any atom is 0.221 e. The molecule has 1 unspecified atom stereocenters. The van der Waals surface area contributed by atoms with Crippen LogP contribution in [0.5, 0.6) is 11.5 Å². The first-order valence-electron chi connectivity index (χ1n) is 5.80. The summed E-state index contributed by atoms with van der Waals surface area (Å²) < 4.78 is 10.3. The minimum Gasteiger partial charge on any atom is -0.493 e. The van der Waals surface area contributed by atoms with Gasteiger partial charge in [-0.2, -0.15) is 0 Å². The minimum absolute atomic E-state index is 0. The zero-order valence-electron chi connectivity index (χ0n) is 11.4. The summed E-state index contributed by atoms with van der Waals surface area (Å²) in [5.41, 5.74) is 6.50. The fraction of sp³-hybridized carbons (Fsp3) is 0.462. The van der Waals surface area contributed by atoms with Gasteiger partial charge in [0, 0.05) is 19.0 Å². The molecule has 0 radical (unpaired) electrons. The number of methoxy groups -OCH3 is 2. The Labute approximate surface area is 119 Å². The lowest BCUT2D eigenvalue weighted by Gasteiger charge is -2.11. The van der Waals surface area contributed by atoms with E-state index in [0.29, 0.717) is 24.5 Å². The molecule has 1 rings (SSSR count). The number of hydrogen-bond acceptors (Lipinski definition) is 4. The van der Waals surface area contributed by atoms with Gasteiger partial charge in [-0.15, -0.1) is 12.4 Å². The van der Waals surface area contributed by atoms with Crippen LogP contribution in [-0.4, -0.2) is 26.2 Å². The molecule has 108 valence electrons. The highest BCUT2D eigenvalue weighted by Crippen LogP contribution is 2.27. The Hall–Kier alpha value is -1.46. The number of nitrogens with two attached hydrogens (primary N) is 1. The molecule has 5 nitrogen and oxygen atoms in total. The van der Waals surface area contributed by atoms with Crippen LogP contribution in [0.15, 0.2) is 18.2 Å². The highest BCUT2D eigenvalue weighted by atomic mass is 35.5. The molecule has 0 saturated carbocycles. The largest absolute Gasteiger partial charge is 0.493 e. The Bertz CT molecular complexity index is 411. The summed E-state index contributed by atoms with van der Waals surface area (Å²) in [6.07, 6.45) is 0.327. The van der Waals surface area contributed by atoms with E-state index in [1.54, 1.807) is 21.1 Å². The summed E-state index contributed by atoms with van der Waals surface area (Å²) in [4.78, 5) is 11.5. The van der Waals surface area contributed by atoms with Crippen molar-refractivity contribution in [3.05, 3.63) is 23.8 Å². The van der Waals surface area contributed by atoms with Crippen molar-refractivity contribution in [2.24, 2.45) is 5.73 Å². The molecule has 3 N–H and O–H groups in total. The monoisotopic (exact) mass is 288 g/mol. The van der Waals surface area contributed by atoms with Crippen LogP contribution < -0.4 is 20.5 Å². The first kappa shape index (κ1) is 17.5. The molecule has 0 saturated heterocycles. The Morgan fingerprint density at radius 1 is 1.32 bits per heavy atom. The standard InChI is InChI=1S/C13H20N2O3.ClH/c1-9(14)6-13(16)15-8-10-4-5-11(17-2)12(7-10)18-3;/h4-5,7,9H,6,8,14H2,1-3H3,(H,15,16);1H. The first-order chi connectivity index (χ1) is 8.56. The molecule has 1 aromatic rings. The van der Waals surface area contributed by atoms with Crippen LogP contribution in [0, 0.1) is 0 Å². The number of halogens is 1. The number of nitrogens with one attached hydrogen (secondary N) is 1. The summed E-state index contributed by atoms with van der Waals surface area (Å²) in [5, 5.41) is 2.80. The number of rotatable bonds is 6. The van der Waals surface area contributed by atoms with E-state index in [1.807, 2.05) is 18.2 Å². The molecule has 0 aliphatic carbocycles. The van der Waals surface area contributed by atoms with Gasteiger partial charge in [0.2, 0.25) is 5.91 Å². The van der Waals surface area contributed by atoms with Gasteiger partial charge in [0.05, 0.1) is 14.2 Å². The number of carbonyl (C=O) groups is 1. The maximum absolute atomic E-state index is 11.5. The third-order valence-electron chi connectivity index (χ3n) is 2.45. The van der Waals surface area contributed by atoms with Crippen molar-refractivity contribution >= 4 is 18.3 Å². The topological polar surface area (TPSA) is 73.6 Å². The third-order valence-corrected chi connectivity index (χ3v) is 2.45. The van der Waals surface area contributed by atoms with Crippen LogP contribution in [0.2, 0.25) is 0 Å². The molecule has 0 spiro atoms. The average Bonchev–Trinajstić information content (AvgIpc) is 2.35. The summed E-state index contributed by atoms with van der Waals surface area (Å²) in [6, 6.07) is 5.40. The normalized spacial score (nSPS) is 11.2. The summed E-state index contributed by atoms with van der Waals surface area (Å²) in [6.45, 7) is 2.25. The van der Waals surface area contributed by atoms with Gasteiger partial charge in [-0.1, -0.05) is 6.07 Å². The van der Waals surface area contributed by atoms with Crippen molar-refractivity contribution in [1.29, 1.82) is 0 Å². The predicted molar refractivity (Wildman–Crippen MR) is 76.9 cm³/mol. The van der Waals surface area contributed by atoms with Crippen LogP contribution in [0.25, 0.3) is 0 Å². The number of carbonyl (C=O) groups excluding carboxylic acids is 1. The summed E-state index contributed by atoms with van der Waals surface area (Å²) in [5.74, 6) is 1.26. The van der Waals surface area contributed by atoms with Gasteiger partial charge < -0.3 is 20.5 Å². The zero-order chi connectivity index (χ0) is 13.5. The van der Waals surface area contributed by atoms with Gasteiger partial charge in [0.1, 0.15) is 0 Å². The second-order valence-corrected chi connectivity index (χ2v) is 4.15. The number of hydrogen-bond donors (Lipinski definition) is 2. The minimum atomic E-state index is -0.129. The second-order valence-electron chi connectivity index (χ2n) is 4.15. The second kappa shape index (κ2) is 8.61. The van der Waals surface area contributed by atoms with Gasteiger partial charge >= 0.3 is 0 Å². The molecular weight excluding hydrogens is 268 g/mol. The molecule has 0 heterocycles. The van der Waals surface area contributed by atoms with E-state index in [1.165, 1.54) is 0 Å². The SMILES string of the molecule is COc1ccc(CNC(=O)CC(C)N)cc1OC.Cl. The van der Waals surface area contributed by atoms with E-state index in [4.69, 9.17) is 15.2 Å². The zero-order valence-corrected chi connectivity index (χ0v) is 12.3. The number of amides is 1. The van der Waals surface area contributed by atoms with Crippen molar-refractivity contribution in [3.8, 4) is 11.5 Å². The number of benzene rings is 1. The van der Waals surface area contributed by atoms with Crippen molar-refractivity contribution < 1.29 is 14.3 Å². The highest BCUT2D eigenvalue weighted by Gasteiger charge is 2.07. The summed E-state index contributed by atoms with van der Waals surface area (Å²) in [7, 11) is 3.16. The molecule has 0 fully saturated rings. The molecule has 0 aromatic heterocycles. The van der Waals surface area contributed by atoms with E-state index in [9.17, 15) is 4.79 Å². The smallest absolute Gasteiger partial charge is 0.221 e. The fourth-order valence-electron chi connectivity index (χ4n) is 1.56. The summed E-state index contributed by atoms with van der Waals surface area (Å²) >= 11 is 0. The Morgan fingerprint density at radius 2 is 1.95 bits per heavy atom. The van der Waals surface area contributed by atoms with Crippen molar-refractivity contribution in [2.45, 2.75) is 25.9 Å². The quantitative estimate of drug-likeness (QED) is 0.831. The molecule has 0 aliphatic heterocycles. The Kier molecular flexibility index (Phi) is 7.95. The lowest BCUT2D eigenvalue weighted by molar-refractivity contribution is -0.121. The van der Waals surface area contributed by atoms with Crippen LogP contribution in [0.3, 0.4) is 0 Å². The molecule has 0 aliphatic rings. The lowest BCUT2D eigenvalue weighted by Crippen LogP contribution is -2.29. The molecule has 6 heteroatoms. The van der Waals surface area contributed by atoms with Gasteiger partial charge in [-0.3, -0.25) is 4.79 Å². The molecule has 1 atom stereocenters. The molecule has 0 bridgehead atoms. The van der Waals surface area contributed by atoms with Gasteiger partial charge in [-0.05, 0) is 24.6 Å². The van der Waals surface area contributed by atoms with Gasteiger partial charge in [0.25, 0.3) is 0 Å². The van der Waals surface area contributed by atoms with Crippen molar-refractivity contribution in [1.82, 2.24) is 5.32 Å². The van der Waals surface area contributed by atoms with E-state index in [2.05, 4.69) is 5.32 Å². The van der Waals surface area contributed by atoms with Crippen molar-refractivity contribution in [3.63, 3.8) is 0 Å². The Balaban J connectivity index is 0.00000324. The average molecular weight is 289 g/mol. The van der Waals surface area contributed by atoms with E-state index >= 15 is 0 Å². The number of ether oxygens (including phenoxy) is 2. The van der Waals surface area contributed by atoms with Gasteiger partial charge in [-0.25, -0.2) is 0 Å². The van der Waals surface area contributed by atoms with E-state index in [0.717, 1.165) is 5.56 Å². The maximum atomic E-state index is 11.5. The molecule has 19 heavy (non-hydrogen) atoms. The third kappa shape index (κ3) is 5.81. The fourth-order valence-corrected chi connectivity index (χ4v) is 1.56. The lowest BCUT2D eigenvalue weighted by atomic mass is 10.2. The van der Waals surface area contributed by atoms with Crippen LogP contribution in [0.4, 0.5) is 0 Å². The van der Waals surface area contributed by atoms with E-state index < -0.39 is 0 Å². The van der Waals surface area contributed by atoms with Crippen molar-refractivity contribution in [2.75, 3.05) is 14.2 Å². The molecule has 1 amide bonds.